The number of hydrogen-bond acceptors (Lipinski definition) is 7. The maximum Gasteiger partial charge on any atom is 0.573 e. The molecule has 3 aromatic carbocycles. The van der Waals surface area contributed by atoms with E-state index in [0.29, 0.717) is 33.9 Å². The molecule has 0 unspecified atom stereocenters. The Labute approximate surface area is 280 Å². The number of nitrogens with zero attached hydrogens (tertiary/aromatic N) is 5. The summed E-state index contributed by atoms with van der Waals surface area (Å²) in [7, 11) is 0. The summed E-state index contributed by atoms with van der Waals surface area (Å²) in [6.07, 6.45) is -9.01. The zero-order valence-corrected chi connectivity index (χ0v) is 26.9. The third kappa shape index (κ3) is 9.10. The monoisotopic (exact) mass is 706 g/mol. The number of anilines is 2. The highest BCUT2D eigenvalue weighted by atomic mass is 32.2. The van der Waals surface area contributed by atoms with E-state index in [1.807, 2.05) is 13.8 Å². The molecule has 1 fully saturated rings. The van der Waals surface area contributed by atoms with Crippen LogP contribution in [0.3, 0.4) is 0 Å². The van der Waals surface area contributed by atoms with Gasteiger partial charge in [-0.15, -0.1) is 18.3 Å². The molecule has 4 aromatic rings. The molecule has 0 radical (unpaired) electrons. The van der Waals surface area contributed by atoms with Crippen LogP contribution in [0.2, 0.25) is 0 Å². The highest BCUT2D eigenvalue weighted by Gasteiger charge is 2.34. The Morgan fingerprint density at radius 3 is 2.45 bits per heavy atom. The normalized spacial score (nSPS) is 14.5. The van der Waals surface area contributed by atoms with Crippen LogP contribution in [0.4, 0.5) is 42.5 Å². The molecule has 1 aliphatic rings. The predicted octanol–water partition coefficient (Wildman–Crippen LogP) is 8.26. The molecule has 0 atom stereocenters. The van der Waals surface area contributed by atoms with Crippen LogP contribution in [-0.4, -0.2) is 56.8 Å². The zero-order chi connectivity index (χ0) is 35.5. The Kier molecular flexibility index (Phi) is 10.2. The van der Waals surface area contributed by atoms with Gasteiger partial charge in [-0.25, -0.2) is 14.5 Å². The number of aliphatic imine (C=N–C) groups is 1. The molecule has 1 aliphatic heterocycles. The molecular weight excluding hydrogens is 678 g/mol. The summed E-state index contributed by atoms with van der Waals surface area (Å²) in [5, 5.41) is 7.20. The van der Waals surface area contributed by atoms with Crippen molar-refractivity contribution in [3.05, 3.63) is 78.1 Å². The van der Waals surface area contributed by atoms with Crippen molar-refractivity contribution in [2.24, 2.45) is 4.99 Å². The van der Waals surface area contributed by atoms with Crippen LogP contribution in [0.5, 0.6) is 11.5 Å². The molecule has 5 rings (SSSR count). The largest absolute Gasteiger partial charge is 0.573 e. The molecule has 0 aliphatic carbocycles. The first kappa shape index (κ1) is 35.3. The van der Waals surface area contributed by atoms with Gasteiger partial charge in [-0.05, 0) is 78.6 Å². The minimum Gasteiger partial charge on any atom is -0.491 e. The van der Waals surface area contributed by atoms with Crippen LogP contribution in [-0.2, 0) is 4.79 Å². The molecule has 1 saturated heterocycles. The van der Waals surface area contributed by atoms with Crippen molar-refractivity contribution in [3.8, 4) is 28.6 Å². The number of thioether (sulfide) groups is 1. The molecule has 1 aromatic heterocycles. The van der Waals surface area contributed by atoms with Gasteiger partial charge in [0.2, 0.25) is 5.91 Å². The Bertz CT molecular complexity index is 1880. The number of urea groups is 1. The van der Waals surface area contributed by atoms with E-state index in [1.165, 1.54) is 29.2 Å². The number of carbonyl (C=O) groups excluding carboxylic acids is 2. The first-order valence-corrected chi connectivity index (χ1v) is 15.6. The van der Waals surface area contributed by atoms with Crippen LogP contribution in [0.25, 0.3) is 17.1 Å². The number of amidine groups is 1. The summed E-state index contributed by atoms with van der Waals surface area (Å²) in [6, 6.07) is 14.1. The number of aromatic nitrogens is 3. The molecule has 3 amide bonds. The van der Waals surface area contributed by atoms with Crippen molar-refractivity contribution in [2.45, 2.75) is 45.6 Å². The zero-order valence-electron chi connectivity index (χ0n) is 26.1. The predicted molar refractivity (Wildman–Crippen MR) is 171 cm³/mol. The van der Waals surface area contributed by atoms with Crippen LogP contribution in [0.15, 0.2) is 72.0 Å². The summed E-state index contributed by atoms with van der Waals surface area (Å²) in [5.41, 5.74) is 3.07. The molecule has 49 heavy (non-hydrogen) atoms. The number of nitrogens with one attached hydrogen (secondary N) is 1. The standard InChI is InChI=1S/C32H28F6N6O4S/c1-18(2)23-15-20(28-39-17-43(42-28)21-6-8-22(9-7-21)48-32(36,37)38)5-10-24(23)40-29(46)41-30-44(27(45)16-49-30)25-14-19(3)4-11-26(25)47-13-12-31(33,34)35/h4-11,14-15,17-18H,12-13,16H2,1-3H3,(H,40,46)/b41-30-. The molecule has 258 valence electrons. The number of hydrogen-bond donors (Lipinski definition) is 1. The highest BCUT2D eigenvalue weighted by molar-refractivity contribution is 8.15. The second kappa shape index (κ2) is 14.2. The first-order valence-electron chi connectivity index (χ1n) is 14.6. The number of benzene rings is 3. The van der Waals surface area contributed by atoms with Gasteiger partial charge in [-0.3, -0.25) is 9.69 Å². The smallest absolute Gasteiger partial charge is 0.491 e. The molecule has 1 N–H and O–H groups in total. The van der Waals surface area contributed by atoms with Crippen molar-refractivity contribution >= 4 is 40.2 Å². The van der Waals surface area contributed by atoms with E-state index in [1.54, 1.807) is 37.3 Å². The van der Waals surface area contributed by atoms with Gasteiger partial charge in [0, 0.05) is 11.3 Å². The molecule has 0 spiro atoms. The van der Waals surface area contributed by atoms with E-state index in [2.05, 4.69) is 25.1 Å². The Morgan fingerprint density at radius 2 is 1.78 bits per heavy atom. The van der Waals surface area contributed by atoms with Crippen LogP contribution in [0, 0.1) is 6.92 Å². The fourth-order valence-corrected chi connectivity index (χ4v) is 5.58. The number of alkyl halides is 6. The summed E-state index contributed by atoms with van der Waals surface area (Å²) >= 11 is 1.00. The number of carbonyl (C=O) groups is 2. The Morgan fingerprint density at radius 1 is 1.04 bits per heavy atom. The molecular formula is C32H28F6N6O4S. The number of amides is 3. The average molecular weight is 707 g/mol. The van der Waals surface area contributed by atoms with E-state index in [0.717, 1.165) is 28.8 Å². The van der Waals surface area contributed by atoms with Crippen molar-refractivity contribution in [2.75, 3.05) is 22.6 Å². The molecule has 10 nitrogen and oxygen atoms in total. The summed E-state index contributed by atoms with van der Waals surface area (Å²) < 4.78 is 86.3. The van der Waals surface area contributed by atoms with Gasteiger partial charge in [0.15, 0.2) is 11.0 Å². The number of rotatable bonds is 9. The highest BCUT2D eigenvalue weighted by Crippen LogP contribution is 2.36. The molecule has 17 heteroatoms. The average Bonchev–Trinajstić information content (AvgIpc) is 3.64. The summed E-state index contributed by atoms with van der Waals surface area (Å²) in [6.45, 7) is 4.90. The maximum absolute atomic E-state index is 13.2. The minimum absolute atomic E-state index is 0.0317. The van der Waals surface area contributed by atoms with Gasteiger partial charge in [0.25, 0.3) is 0 Å². The molecule has 0 saturated carbocycles. The van der Waals surface area contributed by atoms with Gasteiger partial charge in [-0.2, -0.15) is 18.2 Å². The van der Waals surface area contributed by atoms with Crippen molar-refractivity contribution in [1.29, 1.82) is 0 Å². The van der Waals surface area contributed by atoms with Gasteiger partial charge in [-0.1, -0.05) is 31.7 Å². The summed E-state index contributed by atoms with van der Waals surface area (Å²) in [5.74, 6) is -0.570. The maximum atomic E-state index is 13.2. The van der Waals surface area contributed by atoms with Gasteiger partial charge in [0.1, 0.15) is 17.8 Å². The van der Waals surface area contributed by atoms with Crippen LogP contribution < -0.4 is 19.7 Å². The Balaban J connectivity index is 1.34. The minimum atomic E-state index is -4.81. The summed E-state index contributed by atoms with van der Waals surface area (Å²) in [4.78, 5) is 35.7. The number of aryl methyl sites for hydroxylation is 1. The lowest BCUT2D eigenvalue weighted by Gasteiger charge is -2.21. The van der Waals surface area contributed by atoms with Gasteiger partial charge in [0.05, 0.1) is 30.2 Å². The van der Waals surface area contributed by atoms with Crippen molar-refractivity contribution < 1.29 is 45.4 Å². The third-order valence-electron chi connectivity index (χ3n) is 6.96. The van der Waals surface area contributed by atoms with Gasteiger partial charge >= 0.3 is 18.6 Å². The molecule has 0 bridgehead atoms. The fourth-order valence-electron chi connectivity index (χ4n) is 4.73. The molecule has 2 heterocycles. The second-order valence-electron chi connectivity index (χ2n) is 11.0. The first-order chi connectivity index (χ1) is 23.1. The van der Waals surface area contributed by atoms with E-state index < -0.39 is 37.5 Å². The van der Waals surface area contributed by atoms with E-state index in [-0.39, 0.29) is 34.0 Å². The van der Waals surface area contributed by atoms with E-state index >= 15 is 0 Å². The van der Waals surface area contributed by atoms with Crippen molar-refractivity contribution in [3.63, 3.8) is 0 Å². The number of ether oxygens (including phenoxy) is 2. The van der Waals surface area contributed by atoms with Crippen molar-refractivity contribution in [1.82, 2.24) is 14.8 Å². The lowest BCUT2D eigenvalue weighted by molar-refractivity contribution is -0.274. The van der Waals surface area contributed by atoms with Crippen LogP contribution >= 0.6 is 11.8 Å². The second-order valence-corrected chi connectivity index (χ2v) is 12.0. The topological polar surface area (TPSA) is 111 Å². The fraction of sp³-hybridized carbons (Fsp3) is 0.281. The quantitative estimate of drug-likeness (QED) is 0.175. The third-order valence-corrected chi connectivity index (χ3v) is 7.88. The lowest BCUT2D eigenvalue weighted by Crippen LogP contribution is -2.31. The van der Waals surface area contributed by atoms with Gasteiger partial charge < -0.3 is 14.8 Å². The Hall–Kier alpha value is -5.06. The number of halogens is 6. The van der Waals surface area contributed by atoms with Crippen LogP contribution in [0.1, 0.15) is 37.3 Å². The SMILES string of the molecule is Cc1ccc(OCCC(F)(F)F)c(N2C(=O)CS/C2=N\C(=O)Nc2ccc(-c3ncn(-c4ccc(OC(F)(F)F)cc4)n3)cc2C(C)C)c1. The van der Waals surface area contributed by atoms with E-state index in [9.17, 15) is 35.9 Å². The van der Waals surface area contributed by atoms with E-state index in [4.69, 9.17) is 4.74 Å². The lowest BCUT2D eigenvalue weighted by atomic mass is 9.98.